The zero-order valence-electron chi connectivity index (χ0n) is 21.2. The van der Waals surface area contributed by atoms with Crippen LogP contribution < -0.4 is 15.4 Å². The molecule has 3 amide bonds. The summed E-state index contributed by atoms with van der Waals surface area (Å²) in [7, 11) is 0. The average Bonchev–Trinajstić information content (AvgIpc) is 3.31. The highest BCUT2D eigenvalue weighted by Crippen LogP contribution is 2.30. The number of nitrogens with zero attached hydrogens (tertiary/aromatic N) is 1. The predicted molar refractivity (Wildman–Crippen MR) is 141 cm³/mol. The first kappa shape index (κ1) is 25.4. The summed E-state index contributed by atoms with van der Waals surface area (Å²) in [4.78, 5) is 41.3. The van der Waals surface area contributed by atoms with Crippen molar-refractivity contribution in [1.29, 1.82) is 0 Å². The molecule has 2 heterocycles. The molecule has 4 bridgehead atoms. The second kappa shape index (κ2) is 11.0. The molecular formula is C30H30FN3O4. The van der Waals surface area contributed by atoms with Crippen LogP contribution in [-0.2, 0) is 4.79 Å². The lowest BCUT2D eigenvalue weighted by molar-refractivity contribution is -0.122. The van der Waals surface area contributed by atoms with Gasteiger partial charge in [0.05, 0.1) is 6.54 Å². The molecule has 5 rings (SSSR count). The van der Waals surface area contributed by atoms with Gasteiger partial charge in [-0.15, -0.1) is 0 Å². The van der Waals surface area contributed by atoms with E-state index in [0.29, 0.717) is 41.8 Å². The van der Waals surface area contributed by atoms with E-state index >= 15 is 0 Å². The molecule has 38 heavy (non-hydrogen) atoms. The summed E-state index contributed by atoms with van der Waals surface area (Å²) in [6.07, 6.45) is 1.47. The largest absolute Gasteiger partial charge is 0.491 e. The highest BCUT2D eigenvalue weighted by Gasteiger charge is 2.38. The first-order valence-corrected chi connectivity index (χ1v) is 12.9. The Labute approximate surface area is 221 Å². The number of hydrogen-bond donors (Lipinski definition) is 2. The summed E-state index contributed by atoms with van der Waals surface area (Å²) in [6.45, 7) is 2.74. The Balaban J connectivity index is 1.43. The minimum Gasteiger partial charge on any atom is -0.491 e. The number of hydrogen-bond acceptors (Lipinski definition) is 4. The number of nitrogens with one attached hydrogen (secondary N) is 2. The van der Waals surface area contributed by atoms with Crippen molar-refractivity contribution in [2.24, 2.45) is 0 Å². The molecular weight excluding hydrogens is 485 g/mol. The molecule has 2 aliphatic rings. The molecule has 0 saturated carbocycles. The quantitative estimate of drug-likeness (QED) is 0.538. The van der Waals surface area contributed by atoms with Crippen LogP contribution in [0, 0.1) is 12.7 Å². The topological polar surface area (TPSA) is 87.7 Å². The number of carbonyl (C=O) groups excluding carboxylic acids is 3. The number of aryl methyl sites for hydroxylation is 1. The van der Waals surface area contributed by atoms with E-state index in [2.05, 4.69) is 10.6 Å². The van der Waals surface area contributed by atoms with Gasteiger partial charge in [0, 0.05) is 36.2 Å². The molecule has 0 unspecified atom stereocenters. The Kier molecular flexibility index (Phi) is 7.40. The highest BCUT2D eigenvalue weighted by molar-refractivity contribution is 5.97. The van der Waals surface area contributed by atoms with Gasteiger partial charge in [-0.2, -0.15) is 0 Å². The zero-order valence-corrected chi connectivity index (χ0v) is 21.2. The van der Waals surface area contributed by atoms with Crippen molar-refractivity contribution in [1.82, 2.24) is 15.5 Å². The van der Waals surface area contributed by atoms with Crippen LogP contribution in [0.5, 0.6) is 5.75 Å². The monoisotopic (exact) mass is 515 g/mol. The van der Waals surface area contributed by atoms with Crippen molar-refractivity contribution in [3.8, 4) is 16.9 Å². The molecule has 1 fully saturated rings. The molecule has 196 valence electrons. The Morgan fingerprint density at radius 1 is 0.921 bits per heavy atom. The fourth-order valence-electron chi connectivity index (χ4n) is 5.19. The van der Waals surface area contributed by atoms with E-state index < -0.39 is 0 Å². The standard InChI is InChI=1S/C30H30FN3O4/c1-19-8-9-22-16-27(19)38-13-12-32-28(35)17-25-10-11-26(18-33-29(22)36)34(25)30(37)23-6-2-4-20(14-23)21-5-3-7-24(31)15-21/h2-9,14-16,25-26H,10-13,17-18H2,1H3,(H,32,35)(H,33,36)/t25-,26+/m0/s1. The van der Waals surface area contributed by atoms with Gasteiger partial charge >= 0.3 is 0 Å². The van der Waals surface area contributed by atoms with Crippen LogP contribution in [0.2, 0.25) is 0 Å². The van der Waals surface area contributed by atoms with Gasteiger partial charge in [0.15, 0.2) is 0 Å². The number of amides is 3. The molecule has 1 saturated heterocycles. The molecule has 3 aromatic carbocycles. The van der Waals surface area contributed by atoms with Gasteiger partial charge in [0.25, 0.3) is 11.8 Å². The van der Waals surface area contributed by atoms with Gasteiger partial charge in [0.1, 0.15) is 18.2 Å². The SMILES string of the molecule is Cc1ccc2cc1OCCNC(=O)C[C@@H]1CC[C@H](CNC2=O)N1C(=O)c1cccc(-c2cccc(F)c2)c1. The van der Waals surface area contributed by atoms with E-state index in [1.807, 2.05) is 19.1 Å². The maximum absolute atomic E-state index is 13.9. The van der Waals surface area contributed by atoms with Crippen molar-refractivity contribution in [2.45, 2.75) is 38.3 Å². The summed E-state index contributed by atoms with van der Waals surface area (Å²) < 4.78 is 19.6. The van der Waals surface area contributed by atoms with Crippen LogP contribution in [0.4, 0.5) is 4.39 Å². The Morgan fingerprint density at radius 2 is 1.68 bits per heavy atom. The summed E-state index contributed by atoms with van der Waals surface area (Å²) in [6, 6.07) is 18.0. The first-order valence-electron chi connectivity index (χ1n) is 12.9. The summed E-state index contributed by atoms with van der Waals surface area (Å²) in [5.74, 6) is -0.380. The van der Waals surface area contributed by atoms with Crippen LogP contribution in [0.25, 0.3) is 11.1 Å². The Hall–Kier alpha value is -4.20. The lowest BCUT2D eigenvalue weighted by Gasteiger charge is -2.31. The van der Waals surface area contributed by atoms with E-state index in [1.54, 1.807) is 47.4 Å². The van der Waals surface area contributed by atoms with Gasteiger partial charge in [-0.3, -0.25) is 14.4 Å². The van der Waals surface area contributed by atoms with Gasteiger partial charge in [0.2, 0.25) is 5.91 Å². The Bertz CT molecular complexity index is 1380. The molecule has 2 aliphatic heterocycles. The number of rotatable bonds is 2. The van der Waals surface area contributed by atoms with E-state index in [-0.39, 0.29) is 55.2 Å². The average molecular weight is 516 g/mol. The van der Waals surface area contributed by atoms with E-state index in [4.69, 9.17) is 4.74 Å². The third-order valence-electron chi connectivity index (χ3n) is 7.17. The fraction of sp³-hybridized carbons (Fsp3) is 0.300. The minimum absolute atomic E-state index is 0.157. The number of ether oxygens (including phenoxy) is 1. The van der Waals surface area contributed by atoms with Crippen LogP contribution in [0.1, 0.15) is 45.5 Å². The molecule has 0 aliphatic carbocycles. The summed E-state index contributed by atoms with van der Waals surface area (Å²) >= 11 is 0. The van der Waals surface area contributed by atoms with Crippen molar-refractivity contribution in [2.75, 3.05) is 19.7 Å². The van der Waals surface area contributed by atoms with E-state index in [1.165, 1.54) is 12.1 Å². The van der Waals surface area contributed by atoms with Crippen LogP contribution in [0.3, 0.4) is 0 Å². The minimum atomic E-state index is -0.351. The van der Waals surface area contributed by atoms with Gasteiger partial charge in [-0.1, -0.05) is 30.3 Å². The molecule has 2 N–H and O–H groups in total. The maximum atomic E-state index is 13.9. The van der Waals surface area contributed by atoms with Crippen molar-refractivity contribution in [3.63, 3.8) is 0 Å². The van der Waals surface area contributed by atoms with E-state index in [9.17, 15) is 18.8 Å². The van der Waals surface area contributed by atoms with Crippen LogP contribution in [0.15, 0.2) is 66.7 Å². The lowest BCUT2D eigenvalue weighted by atomic mass is 10.0. The summed E-state index contributed by atoms with van der Waals surface area (Å²) in [5.41, 5.74) is 3.21. The summed E-state index contributed by atoms with van der Waals surface area (Å²) in [5, 5.41) is 5.85. The van der Waals surface area contributed by atoms with Crippen LogP contribution in [-0.4, -0.2) is 54.4 Å². The number of benzene rings is 3. The van der Waals surface area contributed by atoms with Gasteiger partial charge in [-0.05, 0) is 72.9 Å². The highest BCUT2D eigenvalue weighted by atomic mass is 19.1. The number of halogens is 1. The first-order chi connectivity index (χ1) is 18.4. The lowest BCUT2D eigenvalue weighted by Crippen LogP contribution is -2.47. The molecule has 8 heteroatoms. The van der Waals surface area contributed by atoms with Gasteiger partial charge in [-0.25, -0.2) is 4.39 Å². The Morgan fingerprint density at radius 3 is 2.50 bits per heavy atom. The molecule has 0 radical (unpaired) electrons. The van der Waals surface area contributed by atoms with Crippen molar-refractivity contribution < 1.29 is 23.5 Å². The van der Waals surface area contributed by atoms with Crippen LogP contribution >= 0.6 is 0 Å². The molecule has 0 aromatic heterocycles. The second-order valence-electron chi connectivity index (χ2n) is 9.78. The van der Waals surface area contributed by atoms with E-state index in [0.717, 1.165) is 11.1 Å². The molecule has 7 nitrogen and oxygen atoms in total. The smallest absolute Gasteiger partial charge is 0.254 e. The molecule has 2 atom stereocenters. The van der Waals surface area contributed by atoms with Crippen molar-refractivity contribution >= 4 is 17.7 Å². The maximum Gasteiger partial charge on any atom is 0.254 e. The van der Waals surface area contributed by atoms with Gasteiger partial charge < -0.3 is 20.3 Å². The zero-order chi connectivity index (χ0) is 26.6. The molecule has 0 spiro atoms. The van der Waals surface area contributed by atoms with Crippen molar-refractivity contribution in [3.05, 3.63) is 89.2 Å². The predicted octanol–water partition coefficient (Wildman–Crippen LogP) is 4.10. The third kappa shape index (κ3) is 5.54. The molecule has 3 aromatic rings. The third-order valence-corrected chi connectivity index (χ3v) is 7.17. The number of fused-ring (bicyclic) bond motifs is 4. The number of carbonyl (C=O) groups is 3. The fourth-order valence-corrected chi connectivity index (χ4v) is 5.19. The normalized spacial score (nSPS) is 20.0. The second-order valence-corrected chi connectivity index (χ2v) is 9.78.